The van der Waals surface area contributed by atoms with Crippen molar-refractivity contribution in [2.45, 2.75) is 52.6 Å². The van der Waals surface area contributed by atoms with Crippen LogP contribution < -0.4 is 4.90 Å². The average Bonchev–Trinajstić information content (AvgIpc) is 3.02. The molecule has 1 aromatic heterocycles. The molecule has 0 spiro atoms. The molecule has 0 N–H and O–H groups in total. The van der Waals surface area contributed by atoms with Gasteiger partial charge in [0.25, 0.3) is 0 Å². The van der Waals surface area contributed by atoms with E-state index in [4.69, 9.17) is 16.6 Å². The monoisotopic (exact) mass is 393 g/mol. The Bertz CT molecular complexity index is 960. The molecule has 0 saturated heterocycles. The fourth-order valence-corrected chi connectivity index (χ4v) is 4.39. The van der Waals surface area contributed by atoms with E-state index in [0.717, 1.165) is 50.4 Å². The predicted octanol–water partition coefficient (Wildman–Crippen LogP) is 6.26. The first-order chi connectivity index (χ1) is 13.7. The molecule has 146 valence electrons. The molecule has 0 aliphatic carbocycles. The van der Waals surface area contributed by atoms with Gasteiger partial charge in [-0.15, -0.1) is 0 Å². The average molecular weight is 394 g/mol. The molecule has 2 heterocycles. The van der Waals surface area contributed by atoms with E-state index in [9.17, 15) is 0 Å². The van der Waals surface area contributed by atoms with E-state index in [2.05, 4.69) is 71.8 Å². The normalized spacial score (nSPS) is 13.6. The summed E-state index contributed by atoms with van der Waals surface area (Å²) in [6.07, 6.45) is 4.61. The number of halogens is 1. The third-order valence-electron chi connectivity index (χ3n) is 5.69. The van der Waals surface area contributed by atoms with Crippen LogP contribution in [0.4, 0.5) is 5.69 Å². The van der Waals surface area contributed by atoms with Gasteiger partial charge in [-0.2, -0.15) is 0 Å². The van der Waals surface area contributed by atoms with Gasteiger partial charge in [-0.1, -0.05) is 67.4 Å². The molecule has 0 fully saturated rings. The molecular weight excluding hydrogens is 366 g/mol. The molecule has 1 aliphatic rings. The Morgan fingerprint density at radius 1 is 1.07 bits per heavy atom. The largest absolute Gasteiger partial charge is 0.365 e. The maximum absolute atomic E-state index is 6.72. The number of imidazole rings is 1. The minimum Gasteiger partial charge on any atom is -0.365 e. The van der Waals surface area contributed by atoms with Gasteiger partial charge in [-0.25, -0.2) is 4.98 Å². The van der Waals surface area contributed by atoms with Crippen LogP contribution in [0.3, 0.4) is 0 Å². The molecule has 1 aliphatic heterocycles. The molecule has 28 heavy (non-hydrogen) atoms. The zero-order valence-corrected chi connectivity index (χ0v) is 17.5. The lowest BCUT2D eigenvalue weighted by atomic mass is 10.0. The van der Waals surface area contributed by atoms with Crippen molar-refractivity contribution < 1.29 is 0 Å². The summed E-state index contributed by atoms with van der Waals surface area (Å²) in [5.41, 5.74) is 6.31. The predicted molar refractivity (Wildman–Crippen MR) is 118 cm³/mol. The van der Waals surface area contributed by atoms with Crippen molar-refractivity contribution in [1.82, 2.24) is 9.55 Å². The number of fused-ring (bicyclic) bond motifs is 1. The van der Waals surface area contributed by atoms with Crippen LogP contribution in [0.15, 0.2) is 48.5 Å². The van der Waals surface area contributed by atoms with Gasteiger partial charge in [-0.3, -0.25) is 0 Å². The summed E-state index contributed by atoms with van der Waals surface area (Å²) in [5, 5.41) is 0.636. The Kier molecular flexibility index (Phi) is 5.72. The van der Waals surface area contributed by atoms with E-state index >= 15 is 0 Å². The molecule has 2 aromatic carbocycles. The Balaban J connectivity index is 1.74. The third-order valence-corrected chi connectivity index (χ3v) is 5.99. The van der Waals surface area contributed by atoms with Gasteiger partial charge in [0.2, 0.25) is 0 Å². The highest BCUT2D eigenvalue weighted by atomic mass is 35.5. The smallest absolute Gasteiger partial charge is 0.152 e. The minimum absolute atomic E-state index is 0.636. The Morgan fingerprint density at radius 2 is 1.86 bits per heavy atom. The van der Waals surface area contributed by atoms with Crippen LogP contribution in [-0.2, 0) is 19.5 Å². The second kappa shape index (κ2) is 8.40. The van der Waals surface area contributed by atoms with Crippen molar-refractivity contribution >= 4 is 17.3 Å². The molecule has 4 rings (SSSR count). The van der Waals surface area contributed by atoms with Crippen LogP contribution >= 0.6 is 11.6 Å². The topological polar surface area (TPSA) is 21.1 Å². The number of hydrogen-bond donors (Lipinski definition) is 0. The molecule has 3 aromatic rings. The zero-order valence-electron chi connectivity index (χ0n) is 16.8. The highest BCUT2D eigenvalue weighted by Gasteiger charge is 2.23. The summed E-state index contributed by atoms with van der Waals surface area (Å²) in [7, 11) is 0. The number of aromatic nitrogens is 2. The van der Waals surface area contributed by atoms with Gasteiger partial charge in [0.05, 0.1) is 12.2 Å². The van der Waals surface area contributed by atoms with Crippen LogP contribution in [-0.4, -0.2) is 16.1 Å². The quantitative estimate of drug-likeness (QED) is 0.492. The molecule has 0 bridgehead atoms. The number of hydrogen-bond acceptors (Lipinski definition) is 2. The van der Waals surface area contributed by atoms with Crippen molar-refractivity contribution in [3.8, 4) is 11.4 Å². The lowest BCUT2D eigenvalue weighted by molar-refractivity contribution is 0.596. The van der Waals surface area contributed by atoms with Gasteiger partial charge in [0.1, 0.15) is 5.82 Å². The fraction of sp³-hybridized carbons (Fsp3) is 0.375. The van der Waals surface area contributed by atoms with Crippen molar-refractivity contribution in [3.05, 3.63) is 70.5 Å². The van der Waals surface area contributed by atoms with Crippen LogP contribution in [0, 0.1) is 6.92 Å². The van der Waals surface area contributed by atoms with Gasteiger partial charge in [0, 0.05) is 24.3 Å². The Hall–Kier alpha value is -2.26. The number of aryl methyl sites for hydroxylation is 2. The van der Waals surface area contributed by atoms with Gasteiger partial charge in [0.15, 0.2) is 5.15 Å². The van der Waals surface area contributed by atoms with Crippen LogP contribution in [0.5, 0.6) is 0 Å². The highest BCUT2D eigenvalue weighted by Crippen LogP contribution is 2.33. The summed E-state index contributed by atoms with van der Waals surface area (Å²) >= 11 is 6.72. The van der Waals surface area contributed by atoms with Gasteiger partial charge >= 0.3 is 0 Å². The molecule has 0 unspecified atom stereocenters. The molecule has 4 heteroatoms. The third kappa shape index (κ3) is 3.68. The van der Waals surface area contributed by atoms with E-state index in [1.807, 2.05) is 0 Å². The number of rotatable bonds is 6. The summed E-state index contributed by atoms with van der Waals surface area (Å²) in [4.78, 5) is 7.28. The Morgan fingerprint density at radius 3 is 2.68 bits per heavy atom. The van der Waals surface area contributed by atoms with Crippen molar-refractivity contribution in [1.29, 1.82) is 0 Å². The second-order valence-corrected chi connectivity index (χ2v) is 8.00. The molecular formula is C24H28ClN3. The zero-order chi connectivity index (χ0) is 19.5. The summed E-state index contributed by atoms with van der Waals surface area (Å²) in [6.45, 7) is 7.18. The minimum atomic E-state index is 0.636. The highest BCUT2D eigenvalue weighted by molar-refractivity contribution is 6.30. The number of nitrogens with zero attached hydrogens (tertiary/aromatic N) is 3. The first-order valence-corrected chi connectivity index (χ1v) is 10.7. The van der Waals surface area contributed by atoms with Crippen molar-refractivity contribution in [2.75, 3.05) is 11.4 Å². The van der Waals surface area contributed by atoms with Crippen LogP contribution in [0.25, 0.3) is 11.4 Å². The van der Waals surface area contributed by atoms with Gasteiger partial charge in [-0.05, 0) is 43.4 Å². The molecule has 0 amide bonds. The number of benzene rings is 2. The van der Waals surface area contributed by atoms with E-state index < -0.39 is 0 Å². The van der Waals surface area contributed by atoms with Gasteiger partial charge < -0.3 is 9.47 Å². The lowest BCUT2D eigenvalue weighted by Crippen LogP contribution is -2.30. The maximum atomic E-state index is 6.72. The van der Waals surface area contributed by atoms with Crippen LogP contribution in [0.2, 0.25) is 5.15 Å². The number of unbranched alkanes of at least 4 members (excludes halogenated alkanes) is 1. The molecule has 0 atom stereocenters. The molecule has 3 nitrogen and oxygen atoms in total. The summed E-state index contributed by atoms with van der Waals surface area (Å²) in [5.74, 6) is 0.997. The lowest BCUT2D eigenvalue weighted by Gasteiger charge is -2.31. The van der Waals surface area contributed by atoms with E-state index in [1.165, 1.54) is 28.8 Å². The standard InChI is InChI=1S/C24H28ClN3/c1-3-4-16-28-22(17-27-15-9-12-19-11-6-8-14-21(19)27)23(25)26-24(28)20-13-7-5-10-18(20)2/h5-8,10-11,13-14H,3-4,9,12,15-17H2,1-2H3. The summed E-state index contributed by atoms with van der Waals surface area (Å²) < 4.78 is 2.35. The molecule has 0 radical (unpaired) electrons. The Labute approximate surface area is 173 Å². The van der Waals surface area contributed by atoms with E-state index in [-0.39, 0.29) is 0 Å². The van der Waals surface area contributed by atoms with E-state index in [0.29, 0.717) is 5.15 Å². The van der Waals surface area contributed by atoms with Crippen molar-refractivity contribution in [3.63, 3.8) is 0 Å². The van der Waals surface area contributed by atoms with Crippen molar-refractivity contribution in [2.24, 2.45) is 0 Å². The number of para-hydroxylation sites is 1. The van der Waals surface area contributed by atoms with E-state index in [1.54, 1.807) is 0 Å². The maximum Gasteiger partial charge on any atom is 0.152 e. The first-order valence-electron chi connectivity index (χ1n) is 10.3. The summed E-state index contributed by atoms with van der Waals surface area (Å²) in [6, 6.07) is 17.2. The van der Waals surface area contributed by atoms with Crippen LogP contribution in [0.1, 0.15) is 43.0 Å². The molecule has 0 saturated carbocycles. The fourth-order valence-electron chi connectivity index (χ4n) is 4.15. The second-order valence-electron chi connectivity index (χ2n) is 7.65. The number of anilines is 1. The first kappa shape index (κ1) is 19.1. The SMILES string of the molecule is CCCCn1c(-c2ccccc2C)nc(Cl)c1CN1CCCc2ccccc21.